The van der Waals surface area contributed by atoms with Gasteiger partial charge < -0.3 is 10.6 Å². The standard InChI is InChI=1S/C9H15N3O3/c1-5(2)8(10)9(15)12-3-6(13)11-7(14)4-12/h5,8H,3-4,10H2,1-2H3,(H,11,13,14). The third-order valence-corrected chi connectivity index (χ3v) is 2.26. The van der Waals surface area contributed by atoms with E-state index in [4.69, 9.17) is 5.73 Å². The van der Waals surface area contributed by atoms with Crippen LogP contribution in [0.1, 0.15) is 13.8 Å². The molecule has 1 aliphatic heterocycles. The lowest BCUT2D eigenvalue weighted by molar-refractivity contribution is -0.146. The molecule has 0 spiro atoms. The van der Waals surface area contributed by atoms with Crippen molar-refractivity contribution in [1.82, 2.24) is 10.2 Å². The second-order valence-corrected chi connectivity index (χ2v) is 3.94. The SMILES string of the molecule is CC(C)C(N)C(=O)N1CC(=O)NC(=O)C1. The molecule has 1 aliphatic rings. The fourth-order valence-electron chi connectivity index (χ4n) is 1.29. The van der Waals surface area contributed by atoms with Crippen molar-refractivity contribution in [2.45, 2.75) is 19.9 Å². The van der Waals surface area contributed by atoms with Gasteiger partial charge in [-0.25, -0.2) is 0 Å². The number of nitrogens with two attached hydrogens (primary N) is 1. The summed E-state index contributed by atoms with van der Waals surface area (Å²) in [5.74, 6) is -1.29. The van der Waals surface area contributed by atoms with Crippen molar-refractivity contribution in [3.63, 3.8) is 0 Å². The average molecular weight is 213 g/mol. The summed E-state index contributed by atoms with van der Waals surface area (Å²) in [5, 5.41) is 2.12. The molecular formula is C9H15N3O3. The number of imide groups is 1. The van der Waals surface area contributed by atoms with Crippen LogP contribution in [0, 0.1) is 5.92 Å². The van der Waals surface area contributed by atoms with Crippen LogP contribution in [-0.4, -0.2) is 41.8 Å². The van der Waals surface area contributed by atoms with Gasteiger partial charge in [-0.15, -0.1) is 0 Å². The number of nitrogens with zero attached hydrogens (tertiary/aromatic N) is 1. The van der Waals surface area contributed by atoms with Crippen LogP contribution in [0.15, 0.2) is 0 Å². The molecule has 3 amide bonds. The zero-order valence-corrected chi connectivity index (χ0v) is 8.82. The van der Waals surface area contributed by atoms with E-state index in [1.807, 2.05) is 13.8 Å². The predicted molar refractivity (Wildman–Crippen MR) is 52.5 cm³/mol. The Morgan fingerprint density at radius 2 is 1.80 bits per heavy atom. The lowest BCUT2D eigenvalue weighted by atomic mass is 10.0. The second kappa shape index (κ2) is 4.39. The van der Waals surface area contributed by atoms with Gasteiger partial charge in [-0.3, -0.25) is 19.7 Å². The van der Waals surface area contributed by atoms with Crippen molar-refractivity contribution in [3.8, 4) is 0 Å². The van der Waals surface area contributed by atoms with Gasteiger partial charge in [-0.1, -0.05) is 13.8 Å². The summed E-state index contributed by atoms with van der Waals surface area (Å²) >= 11 is 0. The van der Waals surface area contributed by atoms with Crippen molar-refractivity contribution in [2.24, 2.45) is 11.7 Å². The molecule has 0 aromatic rings. The molecule has 84 valence electrons. The fraction of sp³-hybridized carbons (Fsp3) is 0.667. The maximum Gasteiger partial charge on any atom is 0.246 e. The van der Waals surface area contributed by atoms with Crippen LogP contribution in [-0.2, 0) is 14.4 Å². The molecule has 0 aromatic heterocycles. The molecule has 0 aliphatic carbocycles. The number of carbonyl (C=O) groups excluding carboxylic acids is 3. The summed E-state index contributed by atoms with van der Waals surface area (Å²) in [6.45, 7) is 3.44. The molecule has 1 fully saturated rings. The third kappa shape index (κ3) is 2.76. The number of amides is 3. The van der Waals surface area contributed by atoms with E-state index in [9.17, 15) is 14.4 Å². The average Bonchev–Trinajstić information content (AvgIpc) is 2.13. The highest BCUT2D eigenvalue weighted by molar-refractivity contribution is 6.03. The van der Waals surface area contributed by atoms with Crippen LogP contribution in [0.5, 0.6) is 0 Å². The minimum atomic E-state index is -0.663. The first-order chi connectivity index (χ1) is 6.91. The van der Waals surface area contributed by atoms with Gasteiger partial charge in [0.05, 0.1) is 6.04 Å². The largest absolute Gasteiger partial charge is 0.323 e. The fourth-order valence-corrected chi connectivity index (χ4v) is 1.29. The van der Waals surface area contributed by atoms with Crippen molar-refractivity contribution in [2.75, 3.05) is 13.1 Å². The van der Waals surface area contributed by atoms with Crippen molar-refractivity contribution in [1.29, 1.82) is 0 Å². The lowest BCUT2D eigenvalue weighted by Gasteiger charge is -2.28. The molecule has 0 aromatic carbocycles. The number of hydrogen-bond acceptors (Lipinski definition) is 4. The monoisotopic (exact) mass is 213 g/mol. The van der Waals surface area contributed by atoms with E-state index < -0.39 is 17.9 Å². The Hall–Kier alpha value is -1.43. The van der Waals surface area contributed by atoms with Crippen LogP contribution in [0.3, 0.4) is 0 Å². The van der Waals surface area contributed by atoms with E-state index in [1.54, 1.807) is 0 Å². The van der Waals surface area contributed by atoms with Crippen LogP contribution in [0.2, 0.25) is 0 Å². The molecule has 15 heavy (non-hydrogen) atoms. The van der Waals surface area contributed by atoms with Gasteiger partial charge in [0, 0.05) is 0 Å². The van der Waals surface area contributed by atoms with Gasteiger partial charge in [0.2, 0.25) is 17.7 Å². The van der Waals surface area contributed by atoms with Gasteiger partial charge in [0.25, 0.3) is 0 Å². The van der Waals surface area contributed by atoms with Gasteiger partial charge in [-0.05, 0) is 5.92 Å². The van der Waals surface area contributed by atoms with E-state index in [1.165, 1.54) is 4.90 Å². The van der Waals surface area contributed by atoms with Crippen LogP contribution in [0.25, 0.3) is 0 Å². The van der Waals surface area contributed by atoms with Crippen molar-refractivity contribution >= 4 is 17.7 Å². The molecule has 0 saturated carbocycles. The molecule has 1 unspecified atom stereocenters. The van der Waals surface area contributed by atoms with E-state index in [0.29, 0.717) is 0 Å². The minimum absolute atomic E-state index is 0.0161. The van der Waals surface area contributed by atoms with Gasteiger partial charge in [-0.2, -0.15) is 0 Å². The smallest absolute Gasteiger partial charge is 0.246 e. The molecule has 1 heterocycles. The van der Waals surface area contributed by atoms with E-state index in [2.05, 4.69) is 5.32 Å². The first-order valence-electron chi connectivity index (χ1n) is 4.79. The van der Waals surface area contributed by atoms with Crippen LogP contribution >= 0.6 is 0 Å². The number of piperazine rings is 1. The molecular weight excluding hydrogens is 198 g/mol. The Balaban J connectivity index is 2.67. The topological polar surface area (TPSA) is 92.5 Å². The van der Waals surface area contributed by atoms with E-state index in [0.717, 1.165) is 0 Å². The molecule has 0 radical (unpaired) electrons. The van der Waals surface area contributed by atoms with Crippen LogP contribution < -0.4 is 11.1 Å². The summed E-state index contributed by atoms with van der Waals surface area (Å²) in [4.78, 5) is 34.9. The molecule has 1 rings (SSSR count). The Morgan fingerprint density at radius 1 is 1.33 bits per heavy atom. The lowest BCUT2D eigenvalue weighted by Crippen LogP contribution is -2.57. The maximum atomic E-state index is 11.7. The summed E-state index contributed by atoms with van der Waals surface area (Å²) in [5.41, 5.74) is 5.65. The number of rotatable bonds is 2. The highest BCUT2D eigenvalue weighted by atomic mass is 16.2. The minimum Gasteiger partial charge on any atom is -0.323 e. The molecule has 1 saturated heterocycles. The normalized spacial score (nSPS) is 19.1. The highest BCUT2D eigenvalue weighted by Crippen LogP contribution is 2.05. The van der Waals surface area contributed by atoms with Crippen molar-refractivity contribution < 1.29 is 14.4 Å². The summed E-state index contributed by atoms with van der Waals surface area (Å²) in [7, 11) is 0. The summed E-state index contributed by atoms with van der Waals surface area (Å²) in [6.07, 6.45) is 0. The van der Waals surface area contributed by atoms with Gasteiger partial charge in [0.1, 0.15) is 13.1 Å². The summed E-state index contributed by atoms with van der Waals surface area (Å²) in [6, 6.07) is -0.663. The highest BCUT2D eigenvalue weighted by Gasteiger charge is 2.30. The first-order valence-corrected chi connectivity index (χ1v) is 4.79. The third-order valence-electron chi connectivity index (χ3n) is 2.26. The molecule has 0 bridgehead atoms. The first kappa shape index (κ1) is 11.6. The van der Waals surface area contributed by atoms with E-state index >= 15 is 0 Å². The Labute approximate surface area is 87.8 Å². The Bertz CT molecular complexity index is 285. The quantitative estimate of drug-likeness (QED) is 0.543. The van der Waals surface area contributed by atoms with Gasteiger partial charge in [0.15, 0.2) is 0 Å². The predicted octanol–water partition coefficient (Wildman–Crippen LogP) is -1.55. The zero-order chi connectivity index (χ0) is 11.6. The number of hydrogen-bond donors (Lipinski definition) is 2. The Kier molecular flexibility index (Phi) is 3.41. The number of carbonyl (C=O) groups is 3. The van der Waals surface area contributed by atoms with Crippen LogP contribution in [0.4, 0.5) is 0 Å². The van der Waals surface area contributed by atoms with Gasteiger partial charge >= 0.3 is 0 Å². The summed E-state index contributed by atoms with van der Waals surface area (Å²) < 4.78 is 0. The van der Waals surface area contributed by atoms with E-state index in [-0.39, 0.29) is 24.9 Å². The zero-order valence-electron chi connectivity index (χ0n) is 8.82. The van der Waals surface area contributed by atoms with Crippen molar-refractivity contribution in [3.05, 3.63) is 0 Å². The molecule has 3 N–H and O–H groups in total. The molecule has 1 atom stereocenters. The maximum absolute atomic E-state index is 11.7. The number of nitrogens with one attached hydrogen (secondary N) is 1. The Morgan fingerprint density at radius 3 is 2.20 bits per heavy atom. The second-order valence-electron chi connectivity index (χ2n) is 3.94. The molecule has 6 nitrogen and oxygen atoms in total. The molecule has 6 heteroatoms.